The van der Waals surface area contributed by atoms with E-state index in [-0.39, 0.29) is 38.5 Å². The lowest BCUT2D eigenvalue weighted by Gasteiger charge is -2.27. The van der Waals surface area contributed by atoms with Gasteiger partial charge in [-0.3, -0.25) is 9.63 Å². The first-order chi connectivity index (χ1) is 13.2. The van der Waals surface area contributed by atoms with Gasteiger partial charge in [0.1, 0.15) is 25.5 Å². The van der Waals surface area contributed by atoms with Gasteiger partial charge >= 0.3 is 6.09 Å². The molecule has 1 unspecified atom stereocenters. The molecule has 0 spiro atoms. The SMILES string of the molecule is COCNC(=O)COC(C)CCN(OCc1ccccc1)C(=O)OC(C)(C)C. The molecule has 1 aromatic rings. The fraction of sp³-hybridized carbons (Fsp3) is 0.600. The number of benzene rings is 1. The number of hydrogen-bond donors (Lipinski definition) is 1. The summed E-state index contributed by atoms with van der Waals surface area (Å²) in [6.45, 7) is 7.78. The summed E-state index contributed by atoms with van der Waals surface area (Å²) in [7, 11) is 1.49. The number of methoxy groups -OCH3 is 1. The third kappa shape index (κ3) is 10.9. The Kier molecular flexibility index (Phi) is 10.5. The molecular weight excluding hydrogens is 364 g/mol. The zero-order chi connectivity index (χ0) is 21.0. The van der Waals surface area contributed by atoms with Crippen molar-refractivity contribution in [3.8, 4) is 0 Å². The number of nitrogens with one attached hydrogen (secondary N) is 1. The fourth-order valence-corrected chi connectivity index (χ4v) is 2.05. The molecule has 0 bridgehead atoms. The van der Waals surface area contributed by atoms with Crippen LogP contribution in [0.1, 0.15) is 39.7 Å². The Morgan fingerprint density at radius 2 is 1.86 bits per heavy atom. The largest absolute Gasteiger partial charge is 0.442 e. The molecule has 2 amide bonds. The summed E-state index contributed by atoms with van der Waals surface area (Å²) in [4.78, 5) is 29.7. The molecule has 28 heavy (non-hydrogen) atoms. The van der Waals surface area contributed by atoms with Crippen LogP contribution in [0.15, 0.2) is 30.3 Å². The predicted octanol–water partition coefficient (Wildman–Crippen LogP) is 2.87. The first-order valence-corrected chi connectivity index (χ1v) is 9.26. The van der Waals surface area contributed by atoms with Crippen LogP contribution in [0.5, 0.6) is 0 Å². The van der Waals surface area contributed by atoms with E-state index in [1.807, 2.05) is 37.3 Å². The topological polar surface area (TPSA) is 86.3 Å². The minimum Gasteiger partial charge on any atom is -0.442 e. The molecule has 158 valence electrons. The second-order valence-electron chi connectivity index (χ2n) is 7.28. The van der Waals surface area contributed by atoms with Gasteiger partial charge in [0, 0.05) is 7.11 Å². The maximum absolute atomic E-state index is 12.4. The van der Waals surface area contributed by atoms with Gasteiger partial charge in [0.15, 0.2) is 0 Å². The van der Waals surface area contributed by atoms with E-state index in [1.165, 1.54) is 12.2 Å². The van der Waals surface area contributed by atoms with E-state index in [0.29, 0.717) is 6.42 Å². The highest BCUT2D eigenvalue weighted by Gasteiger charge is 2.23. The van der Waals surface area contributed by atoms with Crippen molar-refractivity contribution in [3.05, 3.63) is 35.9 Å². The molecule has 0 saturated carbocycles. The Hall–Kier alpha value is -2.16. The summed E-state index contributed by atoms with van der Waals surface area (Å²) < 4.78 is 15.7. The van der Waals surface area contributed by atoms with Gasteiger partial charge < -0.3 is 19.5 Å². The van der Waals surface area contributed by atoms with Crippen LogP contribution in [0.4, 0.5) is 4.79 Å². The first kappa shape index (κ1) is 23.9. The number of hydrogen-bond acceptors (Lipinski definition) is 6. The second-order valence-corrected chi connectivity index (χ2v) is 7.28. The molecule has 8 nitrogen and oxygen atoms in total. The van der Waals surface area contributed by atoms with E-state index in [0.717, 1.165) is 5.56 Å². The average molecular weight is 396 g/mol. The van der Waals surface area contributed by atoms with Crippen LogP contribution in [0.2, 0.25) is 0 Å². The molecule has 0 aliphatic rings. The summed E-state index contributed by atoms with van der Waals surface area (Å²) in [6, 6.07) is 9.55. The van der Waals surface area contributed by atoms with E-state index in [1.54, 1.807) is 20.8 Å². The predicted molar refractivity (Wildman–Crippen MR) is 104 cm³/mol. The quantitative estimate of drug-likeness (QED) is 0.457. The molecule has 0 fully saturated rings. The number of rotatable bonds is 11. The van der Waals surface area contributed by atoms with E-state index < -0.39 is 11.7 Å². The molecule has 8 heteroatoms. The average Bonchev–Trinajstić information content (AvgIpc) is 2.64. The van der Waals surface area contributed by atoms with E-state index in [2.05, 4.69) is 5.32 Å². The number of ether oxygens (including phenoxy) is 3. The number of carbonyl (C=O) groups is 2. The number of hydroxylamine groups is 2. The lowest BCUT2D eigenvalue weighted by atomic mass is 10.2. The molecule has 0 heterocycles. The van der Waals surface area contributed by atoms with Gasteiger partial charge in [0.2, 0.25) is 5.91 Å². The van der Waals surface area contributed by atoms with Crippen LogP contribution in [0.25, 0.3) is 0 Å². The minimum atomic E-state index is -0.632. The zero-order valence-corrected chi connectivity index (χ0v) is 17.4. The van der Waals surface area contributed by atoms with Crippen molar-refractivity contribution >= 4 is 12.0 Å². The van der Waals surface area contributed by atoms with Crippen molar-refractivity contribution in [1.29, 1.82) is 0 Å². The molecule has 1 rings (SSSR count). The minimum absolute atomic E-state index is 0.0815. The van der Waals surface area contributed by atoms with Gasteiger partial charge in [-0.25, -0.2) is 4.79 Å². The molecule has 1 aromatic carbocycles. The number of nitrogens with zero attached hydrogens (tertiary/aromatic N) is 1. The second kappa shape index (κ2) is 12.3. The van der Waals surface area contributed by atoms with Crippen molar-refractivity contribution in [1.82, 2.24) is 10.4 Å². The highest BCUT2D eigenvalue weighted by Crippen LogP contribution is 2.13. The van der Waals surface area contributed by atoms with Gasteiger partial charge in [-0.15, -0.1) is 0 Å². The molecule has 0 aliphatic heterocycles. The maximum Gasteiger partial charge on any atom is 0.434 e. The highest BCUT2D eigenvalue weighted by molar-refractivity contribution is 5.76. The smallest absolute Gasteiger partial charge is 0.434 e. The van der Waals surface area contributed by atoms with Crippen molar-refractivity contribution in [3.63, 3.8) is 0 Å². The Morgan fingerprint density at radius 1 is 1.18 bits per heavy atom. The standard InChI is InChI=1S/C20H32N2O6/c1-16(26-14-18(23)21-15-25-5)11-12-22(19(24)28-20(2,3)4)27-13-17-9-7-6-8-10-17/h6-10,16H,11-15H2,1-5H3,(H,21,23). The Balaban J connectivity index is 2.53. The molecule has 1 atom stereocenters. The van der Waals surface area contributed by atoms with Crippen molar-refractivity contribution in [2.45, 2.75) is 52.4 Å². The molecule has 1 N–H and O–H groups in total. The van der Waals surface area contributed by atoms with Crippen LogP contribution in [0, 0.1) is 0 Å². The van der Waals surface area contributed by atoms with E-state index in [9.17, 15) is 9.59 Å². The monoisotopic (exact) mass is 396 g/mol. The first-order valence-electron chi connectivity index (χ1n) is 9.26. The highest BCUT2D eigenvalue weighted by atomic mass is 16.7. The number of carbonyl (C=O) groups excluding carboxylic acids is 2. The summed E-state index contributed by atoms with van der Waals surface area (Å²) in [5.74, 6) is -0.266. The summed E-state index contributed by atoms with van der Waals surface area (Å²) in [6.07, 6.45) is -0.335. The van der Waals surface area contributed by atoms with Crippen molar-refractivity contribution < 1.29 is 28.6 Å². The Labute approximate surface area is 167 Å². The molecule has 0 saturated heterocycles. The normalized spacial score (nSPS) is 12.3. The van der Waals surface area contributed by atoms with Crippen molar-refractivity contribution in [2.75, 3.05) is 27.0 Å². The lowest BCUT2D eigenvalue weighted by Crippen LogP contribution is -2.38. The Morgan fingerprint density at radius 3 is 2.46 bits per heavy atom. The van der Waals surface area contributed by atoms with Gasteiger partial charge in [0.05, 0.1) is 12.6 Å². The van der Waals surface area contributed by atoms with Crippen molar-refractivity contribution in [2.24, 2.45) is 0 Å². The maximum atomic E-state index is 12.4. The summed E-state index contributed by atoms with van der Waals surface area (Å²) in [5, 5.41) is 3.74. The Bertz CT molecular complexity index is 588. The van der Waals surface area contributed by atoms with Crippen LogP contribution in [-0.2, 0) is 30.4 Å². The zero-order valence-electron chi connectivity index (χ0n) is 17.4. The van der Waals surface area contributed by atoms with Crippen LogP contribution in [-0.4, -0.2) is 55.8 Å². The number of amides is 2. The summed E-state index contributed by atoms with van der Waals surface area (Å²) >= 11 is 0. The van der Waals surface area contributed by atoms with E-state index in [4.69, 9.17) is 19.0 Å². The molecule has 0 aliphatic carbocycles. The lowest BCUT2D eigenvalue weighted by molar-refractivity contribution is -0.160. The van der Waals surface area contributed by atoms with Crippen LogP contribution in [0.3, 0.4) is 0 Å². The summed E-state index contributed by atoms with van der Waals surface area (Å²) in [5.41, 5.74) is 0.308. The third-order valence-electron chi connectivity index (χ3n) is 3.48. The van der Waals surface area contributed by atoms with Crippen LogP contribution < -0.4 is 5.32 Å². The van der Waals surface area contributed by atoms with Crippen LogP contribution >= 0.6 is 0 Å². The third-order valence-corrected chi connectivity index (χ3v) is 3.48. The molecule has 0 radical (unpaired) electrons. The van der Waals surface area contributed by atoms with Gasteiger partial charge in [-0.05, 0) is 39.7 Å². The van der Waals surface area contributed by atoms with Gasteiger partial charge in [0.25, 0.3) is 0 Å². The molecule has 0 aromatic heterocycles. The van der Waals surface area contributed by atoms with Gasteiger partial charge in [-0.1, -0.05) is 30.3 Å². The fourth-order valence-electron chi connectivity index (χ4n) is 2.05. The van der Waals surface area contributed by atoms with E-state index >= 15 is 0 Å². The molecular formula is C20H32N2O6. The van der Waals surface area contributed by atoms with Gasteiger partial charge in [-0.2, -0.15) is 5.06 Å².